The fourth-order valence-electron chi connectivity index (χ4n) is 1.95. The molecule has 0 saturated heterocycles. The van der Waals surface area contributed by atoms with Gasteiger partial charge in [-0.05, 0) is 24.3 Å². The van der Waals surface area contributed by atoms with Crippen molar-refractivity contribution < 1.29 is 14.0 Å². The second kappa shape index (κ2) is 4.38. The van der Waals surface area contributed by atoms with E-state index in [1.54, 1.807) is 6.07 Å². The lowest BCUT2D eigenvalue weighted by molar-refractivity contribution is -0.690. The van der Waals surface area contributed by atoms with Crippen LogP contribution in [0.3, 0.4) is 0 Å². The quantitative estimate of drug-likeness (QED) is 0.748. The molecule has 0 aliphatic carbocycles. The molecule has 88 valence electrons. The van der Waals surface area contributed by atoms with Gasteiger partial charge < -0.3 is 9.47 Å². The van der Waals surface area contributed by atoms with Crippen LogP contribution in [0.5, 0.6) is 11.5 Å². The second-order valence-electron chi connectivity index (χ2n) is 4.01. The van der Waals surface area contributed by atoms with E-state index < -0.39 is 0 Å². The van der Waals surface area contributed by atoms with Gasteiger partial charge in [0.1, 0.15) is 0 Å². The molecule has 0 atom stereocenters. The molecule has 0 spiro atoms. The van der Waals surface area contributed by atoms with Crippen LogP contribution in [0.25, 0.3) is 0 Å². The summed E-state index contributed by atoms with van der Waals surface area (Å²) < 4.78 is 12.5. The molecule has 0 bridgehead atoms. The van der Waals surface area contributed by atoms with Gasteiger partial charge in [0, 0.05) is 17.7 Å². The van der Waals surface area contributed by atoms with E-state index in [0.717, 1.165) is 17.1 Å². The molecule has 4 heteroatoms. The summed E-state index contributed by atoms with van der Waals surface area (Å²) >= 11 is 0. The zero-order chi connectivity index (χ0) is 12.4. The van der Waals surface area contributed by atoms with Gasteiger partial charge in [-0.2, -0.15) is 9.83 Å². The zero-order valence-electron chi connectivity index (χ0n) is 9.67. The first-order valence-electron chi connectivity index (χ1n) is 5.64. The predicted molar refractivity (Wildman–Crippen MR) is 63.0 cm³/mol. The minimum absolute atomic E-state index is 0.278. The second-order valence-corrected chi connectivity index (χ2v) is 4.01. The number of nitriles is 1. The highest BCUT2D eigenvalue weighted by Gasteiger charge is 2.16. The molecule has 1 aliphatic rings. The lowest BCUT2D eigenvalue weighted by Crippen LogP contribution is -2.37. The maximum atomic E-state index is 9.04. The molecule has 1 aromatic carbocycles. The highest BCUT2D eigenvalue weighted by Crippen LogP contribution is 2.32. The maximum Gasteiger partial charge on any atom is 0.283 e. The van der Waals surface area contributed by atoms with E-state index >= 15 is 0 Å². The summed E-state index contributed by atoms with van der Waals surface area (Å²) in [6.45, 7) is 0.918. The van der Waals surface area contributed by atoms with Gasteiger partial charge in [-0.3, -0.25) is 0 Å². The summed E-state index contributed by atoms with van der Waals surface area (Å²) in [5.41, 5.74) is 1.71. The number of hydrogen-bond donors (Lipinski definition) is 0. The Kier molecular flexibility index (Phi) is 2.58. The van der Waals surface area contributed by atoms with E-state index in [-0.39, 0.29) is 6.79 Å². The van der Waals surface area contributed by atoms with Crippen LogP contribution in [0.1, 0.15) is 11.3 Å². The first-order valence-corrected chi connectivity index (χ1v) is 5.64. The zero-order valence-corrected chi connectivity index (χ0v) is 9.67. The number of ether oxygens (including phenoxy) is 2. The number of nitrogens with zero attached hydrogens (tertiary/aromatic N) is 2. The molecule has 0 N–H and O–H groups in total. The van der Waals surface area contributed by atoms with Crippen molar-refractivity contribution >= 4 is 0 Å². The Bertz CT molecular complexity index is 632. The van der Waals surface area contributed by atoms with E-state index in [4.69, 9.17) is 14.7 Å². The van der Waals surface area contributed by atoms with Gasteiger partial charge in [-0.15, -0.1) is 0 Å². The summed E-state index contributed by atoms with van der Waals surface area (Å²) in [6, 6.07) is 13.6. The van der Waals surface area contributed by atoms with E-state index in [1.165, 1.54) is 0 Å². The van der Waals surface area contributed by atoms with Gasteiger partial charge in [-0.1, -0.05) is 0 Å². The molecule has 3 rings (SSSR count). The average Bonchev–Trinajstić information content (AvgIpc) is 2.87. The van der Waals surface area contributed by atoms with Crippen molar-refractivity contribution in [2.24, 2.45) is 0 Å². The van der Waals surface area contributed by atoms with Crippen LogP contribution in [0.15, 0.2) is 42.6 Å². The third-order valence-electron chi connectivity index (χ3n) is 2.85. The number of pyridine rings is 1. The van der Waals surface area contributed by atoms with Crippen LogP contribution < -0.4 is 14.0 Å². The van der Waals surface area contributed by atoms with Crippen molar-refractivity contribution in [1.29, 1.82) is 5.26 Å². The number of benzene rings is 1. The molecule has 18 heavy (non-hydrogen) atoms. The Balaban J connectivity index is 1.91. The fraction of sp³-hybridized carbons (Fsp3) is 0.143. The van der Waals surface area contributed by atoms with Crippen molar-refractivity contribution in [2.75, 3.05) is 6.79 Å². The van der Waals surface area contributed by atoms with Crippen LogP contribution in [0.4, 0.5) is 0 Å². The lowest BCUT2D eigenvalue weighted by atomic mass is 10.2. The number of rotatable bonds is 2. The molecule has 0 radical (unpaired) electrons. The van der Waals surface area contributed by atoms with Crippen molar-refractivity contribution in [3.05, 3.63) is 53.9 Å². The number of fused-ring (bicyclic) bond motifs is 1. The monoisotopic (exact) mass is 239 g/mol. The molecule has 4 nitrogen and oxygen atoms in total. The van der Waals surface area contributed by atoms with Crippen molar-refractivity contribution in [3.63, 3.8) is 0 Å². The van der Waals surface area contributed by atoms with Gasteiger partial charge in [0.05, 0.1) is 0 Å². The highest BCUT2D eigenvalue weighted by molar-refractivity contribution is 5.44. The van der Waals surface area contributed by atoms with E-state index in [0.29, 0.717) is 12.2 Å². The summed E-state index contributed by atoms with van der Waals surface area (Å²) in [5, 5.41) is 9.04. The molecule has 2 heterocycles. The molecule has 1 aromatic heterocycles. The van der Waals surface area contributed by atoms with Crippen LogP contribution in [0.2, 0.25) is 0 Å². The summed E-state index contributed by atoms with van der Waals surface area (Å²) in [6.07, 6.45) is 1.89. The smallest absolute Gasteiger partial charge is 0.283 e. The van der Waals surface area contributed by atoms with Gasteiger partial charge in [0.25, 0.3) is 5.69 Å². The third-order valence-corrected chi connectivity index (χ3v) is 2.85. The summed E-state index contributed by atoms with van der Waals surface area (Å²) in [7, 11) is 0. The lowest BCUT2D eigenvalue weighted by Gasteiger charge is -2.01. The van der Waals surface area contributed by atoms with E-state index in [1.807, 2.05) is 41.1 Å². The number of aromatic nitrogens is 1. The Hall–Kier alpha value is -2.54. The van der Waals surface area contributed by atoms with Gasteiger partial charge >= 0.3 is 0 Å². The molecule has 0 unspecified atom stereocenters. The van der Waals surface area contributed by atoms with E-state index in [9.17, 15) is 0 Å². The van der Waals surface area contributed by atoms with Crippen molar-refractivity contribution in [3.8, 4) is 17.6 Å². The molecular weight excluding hydrogens is 228 g/mol. The van der Waals surface area contributed by atoms with Gasteiger partial charge in [-0.25, -0.2) is 0 Å². The minimum Gasteiger partial charge on any atom is -0.454 e. The van der Waals surface area contributed by atoms with Crippen molar-refractivity contribution in [2.45, 2.75) is 6.54 Å². The summed E-state index contributed by atoms with van der Waals surface area (Å²) in [4.78, 5) is 0. The first-order chi connectivity index (χ1) is 8.86. The minimum atomic E-state index is 0.278. The SMILES string of the molecule is N#Cc1cccc[n+]1Cc1ccc2c(c1)OCO2. The van der Waals surface area contributed by atoms with Gasteiger partial charge in [0.2, 0.25) is 6.79 Å². The normalized spacial score (nSPS) is 12.2. The largest absolute Gasteiger partial charge is 0.454 e. The Morgan fingerprint density at radius 2 is 2.06 bits per heavy atom. The molecule has 0 amide bonds. The standard InChI is InChI=1S/C14H11N2O2/c15-8-12-3-1-2-6-16(12)9-11-4-5-13-14(7-11)18-10-17-13/h1-7H,9-10H2/q+1. The maximum absolute atomic E-state index is 9.04. The predicted octanol–water partition coefficient (Wildman–Crippen LogP) is 1.62. The third kappa shape index (κ3) is 1.87. The molecule has 2 aromatic rings. The number of hydrogen-bond acceptors (Lipinski definition) is 3. The van der Waals surface area contributed by atoms with Crippen LogP contribution in [-0.4, -0.2) is 6.79 Å². The topological polar surface area (TPSA) is 46.1 Å². The first kappa shape index (κ1) is 10.6. The van der Waals surface area contributed by atoms with Crippen LogP contribution in [-0.2, 0) is 6.54 Å². The van der Waals surface area contributed by atoms with Crippen LogP contribution in [0, 0.1) is 11.3 Å². The fourth-order valence-corrected chi connectivity index (χ4v) is 1.95. The Morgan fingerprint density at radius 1 is 1.17 bits per heavy atom. The van der Waals surface area contributed by atoms with Crippen molar-refractivity contribution in [1.82, 2.24) is 0 Å². The Labute approximate surface area is 105 Å². The summed E-state index contributed by atoms with van der Waals surface area (Å²) in [5.74, 6) is 1.54. The van der Waals surface area contributed by atoms with E-state index in [2.05, 4.69) is 6.07 Å². The average molecular weight is 239 g/mol. The molecular formula is C14H11N2O2+. The molecule has 1 aliphatic heterocycles. The van der Waals surface area contributed by atoms with Gasteiger partial charge in [0.15, 0.2) is 30.3 Å². The van der Waals surface area contributed by atoms with Crippen LogP contribution >= 0.6 is 0 Å². The molecule has 0 fully saturated rings. The molecule has 0 saturated carbocycles. The highest BCUT2D eigenvalue weighted by atomic mass is 16.7. The Morgan fingerprint density at radius 3 is 2.94 bits per heavy atom.